The van der Waals surface area contributed by atoms with E-state index in [4.69, 9.17) is 5.11 Å². The molecule has 0 radical (unpaired) electrons. The van der Waals surface area contributed by atoms with E-state index in [1.54, 1.807) is 4.90 Å². The number of carboxylic acid groups (broad SMARTS) is 1. The minimum absolute atomic E-state index is 0.0267. The molecule has 2 atom stereocenters. The molecule has 0 bridgehead atoms. The lowest BCUT2D eigenvalue weighted by Gasteiger charge is -2.28. The van der Waals surface area contributed by atoms with Gasteiger partial charge in [-0.25, -0.2) is 4.79 Å². The Morgan fingerprint density at radius 3 is 2.86 bits per heavy atom. The Morgan fingerprint density at radius 1 is 1.29 bits per heavy atom. The SMILES string of the molecule is O=C(O)C1CCN(C(=O)NC2CCSc3ccccc32)C1. The van der Waals surface area contributed by atoms with Gasteiger partial charge >= 0.3 is 12.0 Å². The van der Waals surface area contributed by atoms with Gasteiger partial charge in [0.15, 0.2) is 0 Å². The van der Waals surface area contributed by atoms with Gasteiger partial charge in [-0.2, -0.15) is 0 Å². The van der Waals surface area contributed by atoms with Crippen LogP contribution >= 0.6 is 11.8 Å². The van der Waals surface area contributed by atoms with Gasteiger partial charge in [-0.15, -0.1) is 11.8 Å². The van der Waals surface area contributed by atoms with Crippen LogP contribution in [0.4, 0.5) is 4.79 Å². The number of carbonyl (C=O) groups excluding carboxylic acids is 1. The summed E-state index contributed by atoms with van der Waals surface area (Å²) in [5, 5.41) is 12.1. The molecule has 6 heteroatoms. The molecule has 2 unspecified atom stereocenters. The van der Waals surface area contributed by atoms with E-state index in [2.05, 4.69) is 17.4 Å². The van der Waals surface area contributed by atoms with Gasteiger partial charge in [0.1, 0.15) is 0 Å². The lowest BCUT2D eigenvalue weighted by atomic mass is 10.0. The molecule has 5 nitrogen and oxygen atoms in total. The lowest BCUT2D eigenvalue weighted by Crippen LogP contribution is -2.41. The Labute approximate surface area is 127 Å². The first kappa shape index (κ1) is 14.3. The summed E-state index contributed by atoms with van der Waals surface area (Å²) in [5.74, 6) is -0.255. The molecule has 112 valence electrons. The van der Waals surface area contributed by atoms with Crippen molar-refractivity contribution in [1.82, 2.24) is 10.2 Å². The van der Waals surface area contributed by atoms with Crippen LogP contribution in [0.2, 0.25) is 0 Å². The first-order valence-electron chi connectivity index (χ1n) is 7.15. The number of thioether (sulfide) groups is 1. The van der Waals surface area contributed by atoms with Crippen LogP contribution in [0.15, 0.2) is 29.2 Å². The van der Waals surface area contributed by atoms with Crippen molar-refractivity contribution in [2.24, 2.45) is 5.92 Å². The molecule has 0 aromatic heterocycles. The fourth-order valence-electron chi connectivity index (χ4n) is 2.88. The highest BCUT2D eigenvalue weighted by Gasteiger charge is 2.32. The van der Waals surface area contributed by atoms with Crippen molar-refractivity contribution in [3.05, 3.63) is 29.8 Å². The predicted octanol–water partition coefficient (Wildman–Crippen LogP) is 2.34. The Morgan fingerprint density at radius 2 is 2.10 bits per heavy atom. The summed E-state index contributed by atoms with van der Waals surface area (Å²) in [6.07, 6.45) is 1.45. The van der Waals surface area contributed by atoms with E-state index in [1.165, 1.54) is 4.90 Å². The van der Waals surface area contributed by atoms with Crippen LogP contribution in [-0.2, 0) is 4.79 Å². The molecule has 1 aromatic rings. The number of benzene rings is 1. The summed E-state index contributed by atoms with van der Waals surface area (Å²) in [6, 6.07) is 8.00. The lowest BCUT2D eigenvalue weighted by molar-refractivity contribution is -0.141. The van der Waals surface area contributed by atoms with Crippen molar-refractivity contribution in [1.29, 1.82) is 0 Å². The standard InChI is InChI=1S/C15H18N2O3S/c18-14(19)10-5-7-17(9-10)15(20)16-12-6-8-21-13-4-2-1-3-11(12)13/h1-4,10,12H,5-9H2,(H,16,20)(H,18,19). The largest absolute Gasteiger partial charge is 0.481 e. The third-order valence-corrected chi connectivity index (χ3v) is 5.20. The molecule has 1 fully saturated rings. The summed E-state index contributed by atoms with van der Waals surface area (Å²) in [7, 11) is 0. The normalized spacial score (nSPS) is 24.5. The number of carboxylic acids is 1. The maximum atomic E-state index is 12.3. The first-order valence-corrected chi connectivity index (χ1v) is 8.13. The molecule has 2 aliphatic rings. The highest BCUT2D eigenvalue weighted by molar-refractivity contribution is 7.99. The van der Waals surface area contributed by atoms with Gasteiger partial charge in [0.2, 0.25) is 0 Å². The minimum atomic E-state index is -0.815. The van der Waals surface area contributed by atoms with Crippen LogP contribution in [0.25, 0.3) is 0 Å². The van der Waals surface area contributed by atoms with Gasteiger partial charge in [-0.05, 0) is 24.5 Å². The molecule has 2 heterocycles. The molecular formula is C15H18N2O3S. The first-order chi connectivity index (χ1) is 10.1. The van der Waals surface area contributed by atoms with Crippen molar-refractivity contribution in [3.63, 3.8) is 0 Å². The Hall–Kier alpha value is -1.69. The van der Waals surface area contributed by atoms with Gasteiger partial charge in [-0.1, -0.05) is 18.2 Å². The second-order valence-corrected chi connectivity index (χ2v) is 6.58. The summed E-state index contributed by atoms with van der Waals surface area (Å²) in [5.41, 5.74) is 1.16. The molecule has 0 spiro atoms. The molecule has 2 amide bonds. The van der Waals surface area contributed by atoms with Crippen LogP contribution in [0.5, 0.6) is 0 Å². The van der Waals surface area contributed by atoms with E-state index in [0.717, 1.165) is 17.7 Å². The molecule has 0 aliphatic carbocycles. The maximum absolute atomic E-state index is 12.3. The third-order valence-electron chi connectivity index (χ3n) is 4.08. The monoisotopic (exact) mass is 306 g/mol. The van der Waals surface area contributed by atoms with Crippen LogP contribution in [-0.4, -0.2) is 40.8 Å². The number of likely N-dealkylation sites (tertiary alicyclic amines) is 1. The quantitative estimate of drug-likeness (QED) is 0.880. The number of amides is 2. The molecule has 2 N–H and O–H groups in total. The zero-order chi connectivity index (χ0) is 14.8. The fourth-order valence-corrected chi connectivity index (χ4v) is 4.00. The topological polar surface area (TPSA) is 69.6 Å². The number of hydrogen-bond donors (Lipinski definition) is 2. The third kappa shape index (κ3) is 3.00. The van der Waals surface area contributed by atoms with Crippen LogP contribution in [0.3, 0.4) is 0 Å². The van der Waals surface area contributed by atoms with Gasteiger partial charge in [0.05, 0.1) is 12.0 Å². The summed E-state index contributed by atoms with van der Waals surface area (Å²) in [4.78, 5) is 26.1. The van der Waals surface area contributed by atoms with Crippen molar-refractivity contribution in [2.75, 3.05) is 18.8 Å². The van der Waals surface area contributed by atoms with Crippen LogP contribution in [0.1, 0.15) is 24.4 Å². The second kappa shape index (κ2) is 5.97. The Bertz CT molecular complexity index is 564. The number of carbonyl (C=O) groups is 2. The highest BCUT2D eigenvalue weighted by atomic mass is 32.2. The van der Waals surface area contributed by atoms with E-state index in [1.807, 2.05) is 23.9 Å². The second-order valence-electron chi connectivity index (χ2n) is 5.45. The maximum Gasteiger partial charge on any atom is 0.317 e. The molecule has 2 aliphatic heterocycles. The van der Waals surface area contributed by atoms with Crippen molar-refractivity contribution in [3.8, 4) is 0 Å². The van der Waals surface area contributed by atoms with E-state index < -0.39 is 11.9 Å². The van der Waals surface area contributed by atoms with E-state index >= 15 is 0 Å². The van der Waals surface area contributed by atoms with E-state index in [-0.39, 0.29) is 12.1 Å². The molecule has 1 saturated heterocycles. The average Bonchev–Trinajstić information content (AvgIpc) is 2.98. The number of urea groups is 1. The molecule has 1 aromatic carbocycles. The summed E-state index contributed by atoms with van der Waals surface area (Å²) >= 11 is 1.81. The Kier molecular flexibility index (Phi) is 4.05. The smallest absolute Gasteiger partial charge is 0.317 e. The van der Waals surface area contributed by atoms with E-state index in [9.17, 15) is 9.59 Å². The molecule has 21 heavy (non-hydrogen) atoms. The molecule has 3 rings (SSSR count). The molecule has 0 saturated carbocycles. The number of rotatable bonds is 2. The van der Waals surface area contributed by atoms with E-state index in [0.29, 0.717) is 19.5 Å². The summed E-state index contributed by atoms with van der Waals surface area (Å²) in [6.45, 7) is 0.830. The van der Waals surface area contributed by atoms with Gasteiger partial charge < -0.3 is 15.3 Å². The zero-order valence-corrected chi connectivity index (χ0v) is 12.4. The number of aliphatic carboxylic acids is 1. The zero-order valence-electron chi connectivity index (χ0n) is 11.6. The predicted molar refractivity (Wildman–Crippen MR) is 80.4 cm³/mol. The Balaban J connectivity index is 1.65. The number of fused-ring (bicyclic) bond motifs is 1. The minimum Gasteiger partial charge on any atom is -0.481 e. The van der Waals surface area contributed by atoms with Crippen molar-refractivity contribution in [2.45, 2.75) is 23.8 Å². The van der Waals surface area contributed by atoms with Gasteiger partial charge in [0, 0.05) is 23.7 Å². The van der Waals surface area contributed by atoms with Gasteiger partial charge in [0.25, 0.3) is 0 Å². The number of hydrogen-bond acceptors (Lipinski definition) is 3. The number of nitrogens with one attached hydrogen (secondary N) is 1. The number of nitrogens with zero attached hydrogens (tertiary/aromatic N) is 1. The van der Waals surface area contributed by atoms with Crippen molar-refractivity contribution >= 4 is 23.8 Å². The average molecular weight is 306 g/mol. The molecular weight excluding hydrogens is 288 g/mol. The fraction of sp³-hybridized carbons (Fsp3) is 0.467. The van der Waals surface area contributed by atoms with Gasteiger partial charge in [-0.3, -0.25) is 4.79 Å². The van der Waals surface area contributed by atoms with Crippen LogP contribution in [0, 0.1) is 5.92 Å². The summed E-state index contributed by atoms with van der Waals surface area (Å²) < 4.78 is 0. The van der Waals surface area contributed by atoms with Crippen molar-refractivity contribution < 1.29 is 14.7 Å². The van der Waals surface area contributed by atoms with Crippen LogP contribution < -0.4 is 5.32 Å². The highest BCUT2D eigenvalue weighted by Crippen LogP contribution is 2.36.